The molecular weight excluding hydrogens is 555 g/mol. The number of aromatic carboxylic acids is 1. The summed E-state index contributed by atoms with van der Waals surface area (Å²) < 4.78 is 14.9. The Morgan fingerprint density at radius 2 is 1.79 bits per heavy atom. The number of nitrogens with zero attached hydrogens (tertiary/aromatic N) is 4. The lowest BCUT2D eigenvalue weighted by atomic mass is 9.95. The Kier molecular flexibility index (Phi) is 13.4. The summed E-state index contributed by atoms with van der Waals surface area (Å²) in [5.74, 6) is -1.38. The van der Waals surface area contributed by atoms with Crippen molar-refractivity contribution in [2.45, 2.75) is 77.7 Å². The van der Waals surface area contributed by atoms with Crippen molar-refractivity contribution in [1.82, 2.24) is 14.9 Å². The number of hydrogen-bond donors (Lipinski definition) is 1. The fourth-order valence-corrected chi connectivity index (χ4v) is 5.26. The minimum atomic E-state index is -1.11. The molecule has 1 aliphatic heterocycles. The summed E-state index contributed by atoms with van der Waals surface area (Å²) in [6.07, 6.45) is 16.7. The van der Waals surface area contributed by atoms with Gasteiger partial charge < -0.3 is 14.9 Å². The number of carbonyl (C=O) groups excluding carboxylic acids is 1. The average molecular weight is 597 g/mol. The number of unbranched alkanes of at least 4 members (excludes halogenated alkanes) is 7. The second-order valence-corrected chi connectivity index (χ2v) is 11.3. The van der Waals surface area contributed by atoms with Gasteiger partial charge in [-0.3, -0.25) is 9.78 Å². The van der Waals surface area contributed by atoms with Crippen LogP contribution < -0.4 is 4.90 Å². The van der Waals surface area contributed by atoms with Crippen molar-refractivity contribution in [2.24, 2.45) is 0 Å². The van der Waals surface area contributed by atoms with Gasteiger partial charge in [-0.15, -0.1) is 0 Å². The highest BCUT2D eigenvalue weighted by atomic mass is 35.5. The van der Waals surface area contributed by atoms with Gasteiger partial charge in [0.2, 0.25) is 5.91 Å². The molecule has 0 unspecified atom stereocenters. The van der Waals surface area contributed by atoms with Gasteiger partial charge >= 0.3 is 5.97 Å². The number of carbonyl (C=O) groups is 2. The highest BCUT2D eigenvalue weighted by Gasteiger charge is 2.23. The van der Waals surface area contributed by atoms with Crippen LogP contribution in [0.1, 0.15) is 86.3 Å². The summed E-state index contributed by atoms with van der Waals surface area (Å²) >= 11 is 5.48. The van der Waals surface area contributed by atoms with Crippen LogP contribution >= 0.6 is 11.6 Å². The summed E-state index contributed by atoms with van der Waals surface area (Å²) in [4.78, 5) is 34.0. The van der Waals surface area contributed by atoms with Gasteiger partial charge in [0, 0.05) is 55.4 Å². The number of aryl methyl sites for hydroxylation is 1. The quantitative estimate of drug-likeness (QED) is 0.203. The lowest BCUT2D eigenvalue weighted by Crippen LogP contribution is -2.31. The van der Waals surface area contributed by atoms with Crippen molar-refractivity contribution in [2.75, 3.05) is 25.5 Å². The molecule has 0 aliphatic carbocycles. The summed E-state index contributed by atoms with van der Waals surface area (Å²) in [6.45, 7) is 4.13. The van der Waals surface area contributed by atoms with Crippen molar-refractivity contribution >= 4 is 29.2 Å². The molecule has 42 heavy (non-hydrogen) atoms. The zero-order chi connectivity index (χ0) is 30.5. The molecule has 3 heterocycles. The minimum Gasteiger partial charge on any atom is -0.476 e. The van der Waals surface area contributed by atoms with Crippen molar-refractivity contribution in [3.63, 3.8) is 0 Å². The molecule has 0 radical (unpaired) electrons. The second kappa shape index (κ2) is 16.9. The Morgan fingerprint density at radius 1 is 1.07 bits per heavy atom. The normalized spacial score (nSPS) is 12.6. The lowest BCUT2D eigenvalue weighted by Gasteiger charge is -2.26. The average Bonchev–Trinajstić information content (AvgIpc) is 2.97. The van der Waals surface area contributed by atoms with Gasteiger partial charge in [-0.2, -0.15) is 0 Å². The first kappa shape index (κ1) is 33.1. The molecule has 9 heteroatoms. The van der Waals surface area contributed by atoms with E-state index in [0.29, 0.717) is 24.1 Å². The number of amides is 1. The van der Waals surface area contributed by atoms with Crippen LogP contribution in [0.4, 0.5) is 10.1 Å². The predicted octanol–water partition coefficient (Wildman–Crippen LogP) is 7.80. The monoisotopic (exact) mass is 596 g/mol. The first-order valence-corrected chi connectivity index (χ1v) is 15.1. The van der Waals surface area contributed by atoms with E-state index in [4.69, 9.17) is 16.7 Å². The first-order chi connectivity index (χ1) is 20.2. The first-order valence-electron chi connectivity index (χ1n) is 14.8. The Balaban J connectivity index is 0.000000408. The molecule has 0 spiro atoms. The number of benzene rings is 1. The van der Waals surface area contributed by atoms with Gasteiger partial charge in [-0.1, -0.05) is 63.5 Å². The Hall–Kier alpha value is -3.36. The van der Waals surface area contributed by atoms with Crippen LogP contribution in [-0.4, -0.2) is 52.5 Å². The molecule has 0 bridgehead atoms. The molecule has 2 aromatic heterocycles. The summed E-state index contributed by atoms with van der Waals surface area (Å²) in [6, 6.07) is 8.48. The fourth-order valence-electron chi connectivity index (χ4n) is 5.06. The van der Waals surface area contributed by atoms with Crippen LogP contribution in [0.2, 0.25) is 5.02 Å². The molecule has 0 saturated heterocycles. The second-order valence-electron chi connectivity index (χ2n) is 10.8. The summed E-state index contributed by atoms with van der Waals surface area (Å²) in [5.41, 5.74) is 4.03. The largest absolute Gasteiger partial charge is 0.476 e. The van der Waals surface area contributed by atoms with E-state index >= 15 is 0 Å². The molecule has 1 N–H and O–H groups in total. The maximum Gasteiger partial charge on any atom is 0.356 e. The summed E-state index contributed by atoms with van der Waals surface area (Å²) in [5, 5.41) is 8.58. The van der Waals surface area contributed by atoms with Crippen LogP contribution in [0.25, 0.3) is 11.1 Å². The van der Waals surface area contributed by atoms with E-state index < -0.39 is 5.97 Å². The minimum absolute atomic E-state index is 0.0350. The van der Waals surface area contributed by atoms with Gasteiger partial charge in [0.15, 0.2) is 5.69 Å². The van der Waals surface area contributed by atoms with Crippen LogP contribution in [0.3, 0.4) is 0 Å². The van der Waals surface area contributed by atoms with E-state index in [1.54, 1.807) is 24.2 Å². The van der Waals surface area contributed by atoms with Gasteiger partial charge in [-0.25, -0.2) is 14.2 Å². The highest BCUT2D eigenvalue weighted by Crippen LogP contribution is 2.34. The molecule has 0 atom stereocenters. The third-order valence-corrected chi connectivity index (χ3v) is 7.73. The molecule has 0 saturated carbocycles. The molecule has 4 rings (SSSR count). The number of pyridine rings is 2. The maximum atomic E-state index is 14.9. The summed E-state index contributed by atoms with van der Waals surface area (Å²) in [7, 11) is 3.85. The lowest BCUT2D eigenvalue weighted by molar-refractivity contribution is -0.118. The highest BCUT2D eigenvalue weighted by molar-refractivity contribution is 6.33. The van der Waals surface area contributed by atoms with Gasteiger partial charge in [0.25, 0.3) is 0 Å². The number of carboxylic acid groups (broad SMARTS) is 1. The van der Waals surface area contributed by atoms with E-state index in [0.717, 1.165) is 29.8 Å². The zero-order valence-corrected chi connectivity index (χ0v) is 25.7. The number of halogens is 2. The molecule has 1 aromatic carbocycles. The van der Waals surface area contributed by atoms with Gasteiger partial charge in [0.1, 0.15) is 5.82 Å². The van der Waals surface area contributed by atoms with Crippen LogP contribution in [-0.2, 0) is 17.8 Å². The van der Waals surface area contributed by atoms with Crippen LogP contribution in [0.15, 0.2) is 48.9 Å². The van der Waals surface area contributed by atoms with Gasteiger partial charge in [-0.05, 0) is 67.9 Å². The molecule has 226 valence electrons. The molecule has 1 aliphatic rings. The smallest absolute Gasteiger partial charge is 0.356 e. The number of fused-ring (bicyclic) bond motifs is 1. The molecule has 7 nitrogen and oxygen atoms in total. The SMILES string of the molecule is CCCCCCCCCCN(C)Cc1cncc(-c2cc3c(cc2F)N(C)C(=O)CC3)c1.O=C(O)c1ncccc1Cl. The topological polar surface area (TPSA) is 86.6 Å². The van der Waals surface area contributed by atoms with Gasteiger partial charge in [0.05, 0.1) is 5.02 Å². The van der Waals surface area contributed by atoms with Crippen molar-refractivity contribution in [3.8, 4) is 11.1 Å². The maximum absolute atomic E-state index is 14.9. The van der Waals surface area contributed by atoms with E-state index in [-0.39, 0.29) is 22.4 Å². The van der Waals surface area contributed by atoms with Crippen molar-refractivity contribution in [3.05, 3.63) is 76.6 Å². The fraction of sp³-hybridized carbons (Fsp3) is 0.455. The van der Waals surface area contributed by atoms with Crippen molar-refractivity contribution in [1.29, 1.82) is 0 Å². The predicted molar refractivity (Wildman–Crippen MR) is 167 cm³/mol. The van der Waals surface area contributed by atoms with E-state index in [2.05, 4.69) is 28.8 Å². The Bertz CT molecular complexity index is 1340. The van der Waals surface area contributed by atoms with Crippen LogP contribution in [0.5, 0.6) is 0 Å². The molecule has 3 aromatic rings. The van der Waals surface area contributed by atoms with E-state index in [1.165, 1.54) is 69.7 Å². The molecule has 1 amide bonds. The Labute approximate surface area is 253 Å². The molecular formula is C33H42ClFN4O3. The number of hydrogen-bond acceptors (Lipinski definition) is 5. The van der Waals surface area contributed by atoms with Crippen molar-refractivity contribution < 1.29 is 19.1 Å². The number of carboxylic acids is 1. The third-order valence-electron chi connectivity index (χ3n) is 7.42. The third kappa shape index (κ3) is 9.88. The number of anilines is 1. The van der Waals surface area contributed by atoms with E-state index in [1.807, 2.05) is 18.3 Å². The van der Waals surface area contributed by atoms with E-state index in [9.17, 15) is 14.0 Å². The van der Waals surface area contributed by atoms with Crippen LogP contribution in [0, 0.1) is 5.82 Å². The zero-order valence-electron chi connectivity index (χ0n) is 24.9. The molecule has 0 fully saturated rings. The Morgan fingerprint density at radius 3 is 2.45 bits per heavy atom. The number of aromatic nitrogens is 2. The number of rotatable bonds is 13. The standard InChI is InChI=1S/C27H38FN3O.C6H4ClNO2/c1-4-5-6-7-8-9-10-11-14-30(2)20-21-15-23(19-29-18-21)24-16-22-12-13-27(32)31(3)26(22)17-25(24)28;7-4-2-1-3-8-5(4)6(9)10/h15-19H,4-14,20H2,1-3H3;1-3H,(H,9,10).